The number of fused-ring (bicyclic) bond motifs is 1. The minimum absolute atomic E-state index is 0.202. The number of aromatic nitrogens is 1. The van der Waals surface area contributed by atoms with Crippen molar-refractivity contribution in [2.24, 2.45) is 0 Å². The molecule has 2 aromatic rings. The molecule has 0 fully saturated rings. The Labute approximate surface area is 96.1 Å². The summed E-state index contributed by atoms with van der Waals surface area (Å²) in [6.45, 7) is 8.67. The summed E-state index contributed by atoms with van der Waals surface area (Å²) in [5.41, 5.74) is 1.19. The van der Waals surface area contributed by atoms with E-state index in [1.165, 1.54) is 5.52 Å². The van der Waals surface area contributed by atoms with Crippen LogP contribution in [0.25, 0.3) is 10.9 Å². The fourth-order valence-corrected chi connectivity index (χ4v) is 1.85. The van der Waals surface area contributed by atoms with E-state index in [1.807, 2.05) is 32.1 Å². The van der Waals surface area contributed by atoms with E-state index in [0.717, 1.165) is 17.7 Å². The van der Waals surface area contributed by atoms with Crippen molar-refractivity contribution in [2.75, 3.05) is 0 Å². The Morgan fingerprint density at radius 3 is 2.88 bits per heavy atom. The van der Waals surface area contributed by atoms with Gasteiger partial charge in [0.05, 0.1) is 11.6 Å². The summed E-state index contributed by atoms with van der Waals surface area (Å²) < 4.78 is 7.94. The summed E-state index contributed by atoms with van der Waals surface area (Å²) in [6.07, 6.45) is 4.17. The lowest BCUT2D eigenvalue weighted by Gasteiger charge is -2.11. The van der Waals surface area contributed by atoms with Crippen LogP contribution < -0.4 is 4.74 Å². The van der Waals surface area contributed by atoms with E-state index in [0.29, 0.717) is 0 Å². The van der Waals surface area contributed by atoms with Crippen LogP contribution in [0.15, 0.2) is 43.1 Å². The van der Waals surface area contributed by atoms with Gasteiger partial charge >= 0.3 is 0 Å². The highest BCUT2D eigenvalue weighted by Gasteiger charge is 2.06. The van der Waals surface area contributed by atoms with E-state index in [1.54, 1.807) is 0 Å². The minimum Gasteiger partial charge on any atom is -0.490 e. The number of hydrogen-bond acceptors (Lipinski definition) is 1. The van der Waals surface area contributed by atoms with Crippen LogP contribution in [0.5, 0.6) is 5.75 Å². The Morgan fingerprint density at radius 2 is 2.19 bits per heavy atom. The second-order valence-corrected chi connectivity index (χ2v) is 4.11. The molecular formula is C14H17NO. The molecule has 0 aliphatic heterocycles. The summed E-state index contributed by atoms with van der Waals surface area (Å²) in [4.78, 5) is 0. The predicted octanol–water partition coefficient (Wildman–Crippen LogP) is 3.61. The van der Waals surface area contributed by atoms with Crippen LogP contribution in [0.4, 0.5) is 0 Å². The number of nitrogens with zero attached hydrogens (tertiary/aromatic N) is 1. The molecule has 0 saturated heterocycles. The topological polar surface area (TPSA) is 14.2 Å². The lowest BCUT2D eigenvalue weighted by atomic mass is 10.2. The smallest absolute Gasteiger partial charge is 0.129 e. The van der Waals surface area contributed by atoms with Crippen LogP contribution in [-0.2, 0) is 6.54 Å². The number of allylic oxidation sites excluding steroid dienone is 1. The first-order chi connectivity index (χ1) is 7.72. The van der Waals surface area contributed by atoms with Gasteiger partial charge in [0.15, 0.2) is 0 Å². The molecule has 0 aliphatic carbocycles. The first-order valence-electron chi connectivity index (χ1n) is 5.58. The molecule has 0 saturated carbocycles. The number of ether oxygens (including phenoxy) is 1. The van der Waals surface area contributed by atoms with E-state index in [9.17, 15) is 0 Å². The van der Waals surface area contributed by atoms with Crippen molar-refractivity contribution in [3.63, 3.8) is 0 Å². The summed E-state index contributed by atoms with van der Waals surface area (Å²) in [5, 5.41) is 1.16. The molecule has 0 radical (unpaired) electrons. The third kappa shape index (κ3) is 1.96. The maximum Gasteiger partial charge on any atom is 0.129 e. The van der Waals surface area contributed by atoms with Crippen molar-refractivity contribution >= 4 is 10.9 Å². The van der Waals surface area contributed by atoms with Gasteiger partial charge in [-0.25, -0.2) is 0 Å². The zero-order chi connectivity index (χ0) is 11.5. The number of rotatable bonds is 4. The predicted molar refractivity (Wildman–Crippen MR) is 67.9 cm³/mol. The van der Waals surface area contributed by atoms with Crippen LogP contribution >= 0.6 is 0 Å². The highest BCUT2D eigenvalue weighted by atomic mass is 16.5. The van der Waals surface area contributed by atoms with Gasteiger partial charge in [0, 0.05) is 18.1 Å². The summed E-state index contributed by atoms with van der Waals surface area (Å²) in [7, 11) is 0. The van der Waals surface area contributed by atoms with Crippen molar-refractivity contribution in [2.45, 2.75) is 26.5 Å². The number of benzene rings is 1. The molecule has 0 unspecified atom stereocenters. The third-order valence-electron chi connectivity index (χ3n) is 2.46. The monoisotopic (exact) mass is 215 g/mol. The summed E-state index contributed by atoms with van der Waals surface area (Å²) >= 11 is 0. The first-order valence-corrected chi connectivity index (χ1v) is 5.58. The van der Waals surface area contributed by atoms with E-state index >= 15 is 0 Å². The average Bonchev–Trinajstić information content (AvgIpc) is 2.63. The SMILES string of the molecule is C=CCn1ccc2c(OC(C)C)cccc21. The molecule has 0 amide bonds. The summed E-state index contributed by atoms with van der Waals surface area (Å²) in [6, 6.07) is 8.24. The van der Waals surface area contributed by atoms with Gasteiger partial charge in [0.25, 0.3) is 0 Å². The fourth-order valence-electron chi connectivity index (χ4n) is 1.85. The standard InChI is InChI=1S/C14H17NO/c1-4-9-15-10-8-12-13(15)6-5-7-14(12)16-11(2)3/h4-8,10-11H,1,9H2,2-3H3. The van der Waals surface area contributed by atoms with Crippen molar-refractivity contribution in [3.05, 3.63) is 43.1 Å². The minimum atomic E-state index is 0.202. The van der Waals surface area contributed by atoms with Crippen LogP contribution in [0, 0.1) is 0 Å². The van der Waals surface area contributed by atoms with Crippen LogP contribution in [0.1, 0.15) is 13.8 Å². The van der Waals surface area contributed by atoms with E-state index < -0.39 is 0 Å². The van der Waals surface area contributed by atoms with E-state index in [2.05, 4.69) is 29.5 Å². The lowest BCUT2D eigenvalue weighted by molar-refractivity contribution is 0.245. The van der Waals surface area contributed by atoms with Gasteiger partial charge in [-0.15, -0.1) is 6.58 Å². The van der Waals surface area contributed by atoms with Gasteiger partial charge in [0.1, 0.15) is 5.75 Å². The second kappa shape index (κ2) is 4.44. The Balaban J connectivity index is 2.48. The van der Waals surface area contributed by atoms with E-state index in [4.69, 9.17) is 4.74 Å². The third-order valence-corrected chi connectivity index (χ3v) is 2.46. The van der Waals surface area contributed by atoms with Crippen molar-refractivity contribution < 1.29 is 4.74 Å². The second-order valence-electron chi connectivity index (χ2n) is 4.11. The maximum atomic E-state index is 5.78. The first kappa shape index (κ1) is 10.8. The molecule has 0 aliphatic rings. The Bertz CT molecular complexity index is 496. The average molecular weight is 215 g/mol. The molecule has 16 heavy (non-hydrogen) atoms. The van der Waals surface area contributed by atoms with Gasteiger partial charge in [-0.2, -0.15) is 0 Å². The zero-order valence-electron chi connectivity index (χ0n) is 9.81. The molecule has 1 heterocycles. The molecule has 0 bridgehead atoms. The fraction of sp³-hybridized carbons (Fsp3) is 0.286. The molecule has 1 aromatic carbocycles. The van der Waals surface area contributed by atoms with Crippen molar-refractivity contribution in [3.8, 4) is 5.75 Å². The molecule has 1 aromatic heterocycles. The molecule has 0 spiro atoms. The van der Waals surface area contributed by atoms with Crippen molar-refractivity contribution in [1.29, 1.82) is 0 Å². The zero-order valence-corrected chi connectivity index (χ0v) is 9.81. The molecule has 84 valence electrons. The van der Waals surface area contributed by atoms with Crippen LogP contribution in [0.3, 0.4) is 0 Å². The number of hydrogen-bond donors (Lipinski definition) is 0. The van der Waals surface area contributed by atoms with Gasteiger partial charge in [-0.05, 0) is 32.0 Å². The van der Waals surface area contributed by atoms with Crippen molar-refractivity contribution in [1.82, 2.24) is 4.57 Å². The lowest BCUT2D eigenvalue weighted by Crippen LogP contribution is -2.05. The largest absolute Gasteiger partial charge is 0.490 e. The molecule has 0 N–H and O–H groups in total. The van der Waals surface area contributed by atoms with Gasteiger partial charge in [0.2, 0.25) is 0 Å². The van der Waals surface area contributed by atoms with Gasteiger partial charge < -0.3 is 9.30 Å². The maximum absolute atomic E-state index is 5.78. The molecular weight excluding hydrogens is 198 g/mol. The molecule has 0 atom stereocenters. The van der Waals surface area contributed by atoms with Gasteiger partial charge in [-0.3, -0.25) is 0 Å². The Morgan fingerprint density at radius 1 is 1.38 bits per heavy atom. The van der Waals surface area contributed by atoms with Gasteiger partial charge in [-0.1, -0.05) is 12.1 Å². The quantitative estimate of drug-likeness (QED) is 0.710. The van der Waals surface area contributed by atoms with E-state index in [-0.39, 0.29) is 6.10 Å². The summed E-state index contributed by atoms with van der Waals surface area (Å²) in [5.74, 6) is 0.954. The molecule has 2 nitrogen and oxygen atoms in total. The van der Waals surface area contributed by atoms with Crippen LogP contribution in [-0.4, -0.2) is 10.7 Å². The Hall–Kier alpha value is -1.70. The molecule has 2 rings (SSSR count). The Kier molecular flexibility index (Phi) is 3.00. The normalized spacial score (nSPS) is 10.9. The van der Waals surface area contributed by atoms with Crippen LogP contribution in [0.2, 0.25) is 0 Å². The highest BCUT2D eigenvalue weighted by Crippen LogP contribution is 2.27. The molecule has 2 heteroatoms. The highest BCUT2D eigenvalue weighted by molar-refractivity contribution is 5.86.